The van der Waals surface area contributed by atoms with Crippen molar-refractivity contribution in [1.82, 2.24) is 15.4 Å². The van der Waals surface area contributed by atoms with Crippen LogP contribution in [-0.4, -0.2) is 35.7 Å². The van der Waals surface area contributed by atoms with Crippen molar-refractivity contribution in [3.8, 4) is 0 Å². The van der Waals surface area contributed by atoms with Gasteiger partial charge in [0.25, 0.3) is 5.91 Å². The van der Waals surface area contributed by atoms with Gasteiger partial charge in [0.1, 0.15) is 7.85 Å². The molecule has 0 bridgehead atoms. The molecule has 3 rings (SSSR count). The Morgan fingerprint density at radius 1 is 1.41 bits per heavy atom. The molecule has 0 aliphatic heterocycles. The highest BCUT2D eigenvalue weighted by atomic mass is 32.2. The Morgan fingerprint density at radius 3 is 3.05 bits per heavy atom. The highest BCUT2D eigenvalue weighted by molar-refractivity contribution is 7.99. The number of rotatable bonds is 5. The van der Waals surface area contributed by atoms with Crippen LogP contribution in [0.15, 0.2) is 46.7 Å². The first-order valence-corrected chi connectivity index (χ1v) is 8.26. The molecule has 2 radical (unpaired) electrons. The van der Waals surface area contributed by atoms with Crippen LogP contribution >= 0.6 is 23.1 Å². The van der Waals surface area contributed by atoms with E-state index in [-0.39, 0.29) is 11.7 Å². The molecule has 0 aliphatic carbocycles. The van der Waals surface area contributed by atoms with Crippen molar-refractivity contribution < 1.29 is 4.79 Å². The second-order valence-corrected chi connectivity index (χ2v) is 6.49. The zero-order valence-electron chi connectivity index (χ0n) is 11.4. The number of hydrogen-bond acceptors (Lipinski definition) is 5. The van der Waals surface area contributed by atoms with E-state index in [0.29, 0.717) is 9.93 Å². The normalized spacial score (nSPS) is 11.3. The second kappa shape index (κ2) is 6.80. The molecular formula is C14H11BN4OS2. The van der Waals surface area contributed by atoms with E-state index >= 15 is 0 Å². The number of fused-ring (bicyclic) bond motifs is 1. The average Bonchev–Trinajstić information content (AvgIpc) is 3.11. The summed E-state index contributed by atoms with van der Waals surface area (Å²) in [4.78, 5) is 20.2. The molecule has 2 aromatic heterocycles. The van der Waals surface area contributed by atoms with Crippen molar-refractivity contribution in [3.05, 3.63) is 41.3 Å². The Balaban J connectivity index is 1.50. The summed E-state index contributed by atoms with van der Waals surface area (Å²) < 4.78 is 0.716. The number of hydrogen-bond donors (Lipinski definition) is 2. The number of nitrogens with one attached hydrogen (secondary N) is 2. The molecule has 108 valence electrons. The van der Waals surface area contributed by atoms with Crippen LogP contribution < -0.4 is 10.2 Å². The van der Waals surface area contributed by atoms with E-state index in [1.807, 2.05) is 30.3 Å². The summed E-state index contributed by atoms with van der Waals surface area (Å²) in [5, 5.41) is 4.61. The van der Waals surface area contributed by atoms with E-state index in [2.05, 4.69) is 20.5 Å². The van der Waals surface area contributed by atoms with Gasteiger partial charge in [-0.05, 0) is 23.0 Å². The lowest BCUT2D eigenvalue weighted by Gasteiger charge is -1.97. The van der Waals surface area contributed by atoms with Crippen molar-refractivity contribution in [1.29, 1.82) is 0 Å². The predicted octanol–water partition coefficient (Wildman–Crippen LogP) is 1.66. The summed E-state index contributed by atoms with van der Waals surface area (Å²) in [7, 11) is 5.61. The molecule has 1 aromatic carbocycles. The number of amides is 1. The van der Waals surface area contributed by atoms with Crippen LogP contribution in [0.25, 0.3) is 11.0 Å². The summed E-state index contributed by atoms with van der Waals surface area (Å²) in [6, 6.07) is 11.4. The number of benzene rings is 1. The Hall–Kier alpha value is -2.06. The quantitative estimate of drug-likeness (QED) is 0.324. The highest BCUT2D eigenvalue weighted by Crippen LogP contribution is 2.18. The van der Waals surface area contributed by atoms with Gasteiger partial charge in [0.05, 0.1) is 23.0 Å². The Bertz CT molecular complexity index is 794. The average molecular weight is 326 g/mol. The fourth-order valence-corrected chi connectivity index (χ4v) is 3.10. The maximum absolute atomic E-state index is 11.7. The van der Waals surface area contributed by atoms with Crippen molar-refractivity contribution in [2.45, 2.75) is 5.16 Å². The van der Waals surface area contributed by atoms with Crippen molar-refractivity contribution in [2.24, 2.45) is 5.10 Å². The van der Waals surface area contributed by atoms with Crippen LogP contribution in [-0.2, 0) is 4.79 Å². The van der Waals surface area contributed by atoms with Gasteiger partial charge in [0.2, 0.25) is 0 Å². The molecule has 2 heterocycles. The monoisotopic (exact) mass is 326 g/mol. The number of para-hydroxylation sites is 2. The van der Waals surface area contributed by atoms with E-state index < -0.39 is 0 Å². The third kappa shape index (κ3) is 3.77. The molecule has 1 amide bonds. The molecule has 0 unspecified atom stereocenters. The summed E-state index contributed by atoms with van der Waals surface area (Å²) in [6.45, 7) is 0. The van der Waals surface area contributed by atoms with E-state index in [9.17, 15) is 4.79 Å². The van der Waals surface area contributed by atoms with E-state index in [1.165, 1.54) is 23.1 Å². The fraction of sp³-hybridized carbons (Fsp3) is 0.0714. The maximum Gasteiger partial charge on any atom is 0.250 e. The minimum absolute atomic E-state index is 0.189. The molecule has 22 heavy (non-hydrogen) atoms. The summed E-state index contributed by atoms with van der Waals surface area (Å²) in [6.07, 6.45) is 1.57. The van der Waals surface area contributed by atoms with Gasteiger partial charge in [-0.3, -0.25) is 4.79 Å². The number of aromatic amines is 1. The van der Waals surface area contributed by atoms with Crippen molar-refractivity contribution in [2.75, 3.05) is 5.75 Å². The first-order valence-electron chi connectivity index (χ1n) is 6.45. The molecular weight excluding hydrogens is 315 g/mol. The summed E-state index contributed by atoms with van der Waals surface area (Å²) in [5.74, 6) is 0.0512. The van der Waals surface area contributed by atoms with Crippen molar-refractivity contribution in [3.63, 3.8) is 0 Å². The van der Waals surface area contributed by atoms with E-state index in [1.54, 1.807) is 12.3 Å². The van der Waals surface area contributed by atoms with Crippen molar-refractivity contribution >= 4 is 58.9 Å². The lowest BCUT2D eigenvalue weighted by Crippen LogP contribution is -2.19. The van der Waals surface area contributed by atoms with Gasteiger partial charge < -0.3 is 4.98 Å². The lowest BCUT2D eigenvalue weighted by atomic mass is 10.1. The number of hydrazone groups is 1. The molecule has 0 fully saturated rings. The van der Waals surface area contributed by atoms with Gasteiger partial charge >= 0.3 is 0 Å². The molecule has 0 saturated heterocycles. The number of thioether (sulfide) groups is 1. The number of H-pyrrole nitrogens is 1. The number of aromatic nitrogens is 2. The van der Waals surface area contributed by atoms with Gasteiger partial charge in [-0.2, -0.15) is 16.4 Å². The molecule has 8 heteroatoms. The molecule has 5 nitrogen and oxygen atoms in total. The van der Waals surface area contributed by atoms with Crippen LogP contribution in [0.1, 0.15) is 4.88 Å². The third-order valence-electron chi connectivity index (χ3n) is 2.74. The van der Waals surface area contributed by atoms with Crippen LogP contribution in [0.4, 0.5) is 0 Å². The van der Waals surface area contributed by atoms with Gasteiger partial charge in [0, 0.05) is 4.88 Å². The van der Waals surface area contributed by atoms with E-state index in [4.69, 9.17) is 7.85 Å². The molecule has 2 N–H and O–H groups in total. The highest BCUT2D eigenvalue weighted by Gasteiger charge is 2.06. The van der Waals surface area contributed by atoms with E-state index in [0.717, 1.165) is 15.9 Å². The Kier molecular flexibility index (Phi) is 4.60. The number of carbonyl (C=O) groups is 1. The van der Waals surface area contributed by atoms with Gasteiger partial charge in [-0.25, -0.2) is 10.4 Å². The van der Waals surface area contributed by atoms with Crippen LogP contribution in [0.3, 0.4) is 0 Å². The smallest absolute Gasteiger partial charge is 0.250 e. The number of imidazole rings is 1. The lowest BCUT2D eigenvalue weighted by molar-refractivity contribution is -0.118. The number of carbonyl (C=O) groups excluding carboxylic acids is 1. The van der Waals surface area contributed by atoms with Gasteiger partial charge in [-0.15, -0.1) is 0 Å². The van der Waals surface area contributed by atoms with Crippen LogP contribution in [0.5, 0.6) is 0 Å². The largest absolute Gasteiger partial charge is 0.333 e. The maximum atomic E-state index is 11.7. The van der Waals surface area contributed by atoms with Gasteiger partial charge in [0.15, 0.2) is 5.16 Å². The molecule has 0 aliphatic rings. The van der Waals surface area contributed by atoms with Crippen LogP contribution in [0.2, 0.25) is 0 Å². The molecule has 0 atom stereocenters. The second-order valence-electron chi connectivity index (χ2n) is 4.38. The minimum atomic E-state index is -0.189. The number of thiophene rings is 1. The minimum Gasteiger partial charge on any atom is -0.333 e. The molecule has 3 aromatic rings. The SMILES string of the molecule is [B]c1ccc(/C=N/NC(=O)CSc2nc3ccccc3[nH]2)s1. The zero-order chi connectivity index (χ0) is 15.4. The molecule has 0 spiro atoms. The predicted molar refractivity (Wildman–Crippen MR) is 92.3 cm³/mol. The summed E-state index contributed by atoms with van der Waals surface area (Å²) >= 11 is 2.74. The topological polar surface area (TPSA) is 70.1 Å². The van der Waals surface area contributed by atoms with Crippen LogP contribution in [0, 0.1) is 0 Å². The Labute approximate surface area is 136 Å². The van der Waals surface area contributed by atoms with Gasteiger partial charge in [-0.1, -0.05) is 30.0 Å². The molecule has 0 saturated carbocycles. The fourth-order valence-electron chi connectivity index (χ4n) is 1.77. The number of nitrogens with zero attached hydrogens (tertiary/aromatic N) is 2. The third-order valence-corrected chi connectivity index (χ3v) is 4.46. The summed E-state index contributed by atoms with van der Waals surface area (Å²) in [5.41, 5.74) is 4.32. The Morgan fingerprint density at radius 2 is 2.27 bits per heavy atom. The first-order chi connectivity index (χ1) is 10.7. The first kappa shape index (κ1) is 14.9. The standard InChI is InChI=1S/C14H11BN4OS2/c15-12-6-5-9(22-12)7-16-19-13(20)8-21-14-17-10-3-1-2-4-11(10)18-14/h1-7H,8H2,(H,17,18)(H,19,20)/b16-7+. The zero-order valence-corrected chi connectivity index (χ0v) is 13.1.